The number of hydrogen-bond donors (Lipinski definition) is 0. The average molecular weight is 593 g/mol. The molecule has 4 heteroatoms. The van der Waals surface area contributed by atoms with Crippen molar-refractivity contribution in [1.82, 2.24) is 9.55 Å². The number of nitrogens with zero attached hydrogens (tertiary/aromatic N) is 2. The van der Waals surface area contributed by atoms with Crippen LogP contribution in [0.5, 0.6) is 0 Å². The molecule has 0 aliphatic heterocycles. The van der Waals surface area contributed by atoms with Gasteiger partial charge in [-0.15, -0.1) is 11.3 Å². The molecule has 45 heavy (non-hydrogen) atoms. The third-order valence-electron chi connectivity index (χ3n) is 9.01. The molecular weight excluding hydrogens is 569 g/mol. The molecule has 10 aromatic rings. The maximum Gasteiger partial charge on any atom is 0.228 e. The average Bonchev–Trinajstić information content (AvgIpc) is 3.80. The molecule has 0 saturated carbocycles. The highest BCUT2D eigenvalue weighted by Crippen LogP contribution is 2.46. The van der Waals surface area contributed by atoms with E-state index in [2.05, 4.69) is 150 Å². The van der Waals surface area contributed by atoms with Gasteiger partial charge >= 0.3 is 0 Å². The van der Waals surface area contributed by atoms with Gasteiger partial charge in [0.25, 0.3) is 0 Å². The third-order valence-corrected chi connectivity index (χ3v) is 10.2. The van der Waals surface area contributed by atoms with Gasteiger partial charge in [0.05, 0.1) is 11.0 Å². The summed E-state index contributed by atoms with van der Waals surface area (Å²) in [7, 11) is 0. The number of thiophene rings is 1. The molecule has 0 N–H and O–H groups in total. The normalized spacial score (nSPS) is 12.0. The van der Waals surface area contributed by atoms with Gasteiger partial charge < -0.3 is 8.98 Å². The number of fused-ring (bicyclic) bond motifs is 10. The third kappa shape index (κ3) is 3.54. The molecule has 0 atom stereocenters. The zero-order chi connectivity index (χ0) is 29.5. The van der Waals surface area contributed by atoms with Gasteiger partial charge in [-0.2, -0.15) is 0 Å². The first kappa shape index (κ1) is 24.7. The van der Waals surface area contributed by atoms with Crippen LogP contribution in [0.15, 0.2) is 150 Å². The van der Waals surface area contributed by atoms with Crippen LogP contribution in [0.3, 0.4) is 0 Å². The molecule has 0 bridgehead atoms. The van der Waals surface area contributed by atoms with Gasteiger partial charge in [-0.25, -0.2) is 4.98 Å². The minimum atomic E-state index is 0.641. The summed E-state index contributed by atoms with van der Waals surface area (Å²) in [5.41, 5.74) is 8.63. The smallest absolute Gasteiger partial charge is 0.228 e. The van der Waals surface area contributed by atoms with Crippen LogP contribution in [0.1, 0.15) is 0 Å². The van der Waals surface area contributed by atoms with Gasteiger partial charge in [0.1, 0.15) is 5.52 Å². The first-order valence-electron chi connectivity index (χ1n) is 15.1. The maximum absolute atomic E-state index is 6.89. The summed E-state index contributed by atoms with van der Waals surface area (Å²) in [6, 6.07) is 51.6. The lowest BCUT2D eigenvalue weighted by Gasteiger charge is -2.11. The Kier molecular flexibility index (Phi) is 5.16. The zero-order valence-electron chi connectivity index (χ0n) is 24.1. The van der Waals surface area contributed by atoms with Crippen LogP contribution in [-0.4, -0.2) is 9.55 Å². The van der Waals surface area contributed by atoms with Crippen LogP contribution in [0, 0.1) is 0 Å². The Labute approximate surface area is 262 Å². The number of oxazole rings is 1. The number of para-hydroxylation sites is 2. The fraction of sp³-hybridized carbons (Fsp3) is 0. The quantitative estimate of drug-likeness (QED) is 0.204. The van der Waals surface area contributed by atoms with Crippen molar-refractivity contribution in [1.29, 1.82) is 0 Å². The fourth-order valence-electron chi connectivity index (χ4n) is 7.08. The molecular formula is C41H24N2OS. The van der Waals surface area contributed by atoms with Crippen LogP contribution in [0.2, 0.25) is 0 Å². The molecule has 0 unspecified atom stereocenters. The second-order valence-corrected chi connectivity index (χ2v) is 12.6. The second kappa shape index (κ2) is 9.39. The van der Waals surface area contributed by atoms with E-state index in [9.17, 15) is 0 Å². The minimum Gasteiger partial charge on any atom is -0.435 e. The number of hydrogen-bond acceptors (Lipinski definition) is 3. The monoisotopic (exact) mass is 592 g/mol. The van der Waals surface area contributed by atoms with Crippen molar-refractivity contribution >= 4 is 75.2 Å². The Balaban J connectivity index is 1.31. The number of aromatic nitrogens is 2. The van der Waals surface area contributed by atoms with E-state index in [4.69, 9.17) is 9.40 Å². The maximum atomic E-state index is 6.89. The second-order valence-electron chi connectivity index (χ2n) is 11.5. The van der Waals surface area contributed by atoms with Gasteiger partial charge in [-0.1, -0.05) is 109 Å². The van der Waals surface area contributed by atoms with Crippen molar-refractivity contribution in [3.8, 4) is 28.3 Å². The van der Waals surface area contributed by atoms with E-state index < -0.39 is 0 Å². The minimum absolute atomic E-state index is 0.641. The molecule has 0 aliphatic rings. The Morgan fingerprint density at radius 3 is 2.18 bits per heavy atom. The van der Waals surface area contributed by atoms with Gasteiger partial charge in [0.2, 0.25) is 5.89 Å². The molecule has 0 radical (unpaired) electrons. The van der Waals surface area contributed by atoms with E-state index in [1.807, 2.05) is 11.3 Å². The SMILES string of the molecule is c1ccc(-c2cccc3c2sc2ccc4nc(-c5cc6ccccc6c6c5c5ccccc5n6-c5ccccc5)oc4c23)cc1. The van der Waals surface area contributed by atoms with Crippen molar-refractivity contribution in [3.63, 3.8) is 0 Å². The molecule has 0 spiro atoms. The van der Waals surface area contributed by atoms with Crippen molar-refractivity contribution in [2.75, 3.05) is 0 Å². The zero-order valence-corrected chi connectivity index (χ0v) is 24.9. The Morgan fingerprint density at radius 1 is 0.578 bits per heavy atom. The largest absolute Gasteiger partial charge is 0.435 e. The summed E-state index contributed by atoms with van der Waals surface area (Å²) in [4.78, 5) is 5.17. The molecule has 10 rings (SSSR count). The highest BCUT2D eigenvalue weighted by molar-refractivity contribution is 7.26. The van der Waals surface area contributed by atoms with E-state index in [0.29, 0.717) is 5.89 Å². The molecule has 210 valence electrons. The molecule has 3 aromatic heterocycles. The Hall–Kier alpha value is -5.71. The van der Waals surface area contributed by atoms with Crippen LogP contribution in [-0.2, 0) is 0 Å². The summed E-state index contributed by atoms with van der Waals surface area (Å²) >= 11 is 1.82. The predicted octanol–water partition coefficient (Wildman–Crippen LogP) is 11.8. The molecule has 3 nitrogen and oxygen atoms in total. The lowest BCUT2D eigenvalue weighted by Crippen LogP contribution is -1.94. The Morgan fingerprint density at radius 2 is 1.31 bits per heavy atom. The summed E-state index contributed by atoms with van der Waals surface area (Å²) in [5.74, 6) is 0.641. The van der Waals surface area contributed by atoms with E-state index in [1.165, 1.54) is 36.7 Å². The first-order chi connectivity index (χ1) is 22.3. The van der Waals surface area contributed by atoms with Crippen molar-refractivity contribution in [2.45, 2.75) is 0 Å². The van der Waals surface area contributed by atoms with E-state index >= 15 is 0 Å². The Bertz CT molecular complexity index is 2750. The number of benzene rings is 7. The predicted molar refractivity (Wildman–Crippen MR) is 190 cm³/mol. The van der Waals surface area contributed by atoms with Crippen LogP contribution in [0.25, 0.3) is 92.1 Å². The summed E-state index contributed by atoms with van der Waals surface area (Å²) < 4.78 is 11.7. The highest BCUT2D eigenvalue weighted by Gasteiger charge is 2.23. The van der Waals surface area contributed by atoms with Gasteiger partial charge in [0, 0.05) is 47.6 Å². The topological polar surface area (TPSA) is 31.0 Å². The van der Waals surface area contributed by atoms with E-state index in [1.54, 1.807) is 0 Å². The van der Waals surface area contributed by atoms with Crippen LogP contribution >= 0.6 is 11.3 Å². The van der Waals surface area contributed by atoms with Crippen molar-refractivity contribution in [3.05, 3.63) is 146 Å². The van der Waals surface area contributed by atoms with E-state index in [0.717, 1.165) is 49.5 Å². The van der Waals surface area contributed by atoms with Gasteiger partial charge in [-0.05, 0) is 52.9 Å². The molecule has 0 fully saturated rings. The molecule has 3 heterocycles. The van der Waals surface area contributed by atoms with Gasteiger partial charge in [-0.3, -0.25) is 0 Å². The van der Waals surface area contributed by atoms with Crippen molar-refractivity contribution < 1.29 is 4.42 Å². The standard InChI is InChI=1S/C41H24N2OS/c1-3-12-25(13-4-1)29-19-11-20-31-37-35(45-40(29)31)23-22-33-39(37)44-41(42-33)32-24-26-14-7-8-17-28(26)38-36(32)30-18-9-10-21-34(30)43(38)27-15-5-2-6-16-27/h1-24H. The van der Waals surface area contributed by atoms with Crippen LogP contribution < -0.4 is 0 Å². The summed E-state index contributed by atoms with van der Waals surface area (Å²) in [6.45, 7) is 0. The molecule has 0 aliphatic carbocycles. The lowest BCUT2D eigenvalue weighted by molar-refractivity contribution is 0.624. The van der Waals surface area contributed by atoms with E-state index in [-0.39, 0.29) is 0 Å². The first-order valence-corrected chi connectivity index (χ1v) is 16.0. The molecule has 7 aromatic carbocycles. The highest BCUT2D eigenvalue weighted by atomic mass is 32.1. The number of rotatable bonds is 3. The van der Waals surface area contributed by atoms with Crippen molar-refractivity contribution in [2.24, 2.45) is 0 Å². The summed E-state index contributed by atoms with van der Waals surface area (Å²) in [6.07, 6.45) is 0. The van der Waals surface area contributed by atoms with Crippen LogP contribution in [0.4, 0.5) is 0 Å². The summed E-state index contributed by atoms with van der Waals surface area (Å²) in [5, 5.41) is 7.02. The molecule has 0 saturated heterocycles. The molecule has 0 amide bonds. The van der Waals surface area contributed by atoms with Gasteiger partial charge in [0.15, 0.2) is 5.58 Å². The fourth-order valence-corrected chi connectivity index (χ4v) is 8.31. The lowest BCUT2D eigenvalue weighted by atomic mass is 10.00.